The number of thiophene rings is 1. The molecule has 1 aliphatic rings. The minimum atomic E-state index is 0.125. The van der Waals surface area contributed by atoms with Crippen molar-refractivity contribution in [2.45, 2.75) is 32.2 Å². The molecule has 3 heterocycles. The lowest BCUT2D eigenvalue weighted by Gasteiger charge is -2.31. The number of aromatic nitrogens is 2. The van der Waals surface area contributed by atoms with Crippen molar-refractivity contribution < 1.29 is 9.90 Å². The number of imidazole rings is 1. The molecule has 5 nitrogen and oxygen atoms in total. The zero-order valence-corrected chi connectivity index (χ0v) is 13.6. The van der Waals surface area contributed by atoms with Gasteiger partial charge in [0.2, 0.25) is 0 Å². The maximum absolute atomic E-state index is 12.4. The highest BCUT2D eigenvalue weighted by Crippen LogP contribution is 2.29. The van der Waals surface area contributed by atoms with Crippen LogP contribution in [-0.4, -0.2) is 45.2 Å². The summed E-state index contributed by atoms with van der Waals surface area (Å²) in [6.07, 6.45) is 3.73. The van der Waals surface area contributed by atoms with Crippen LogP contribution >= 0.6 is 11.3 Å². The molecule has 118 valence electrons. The average Bonchev–Trinajstić information content (AvgIpc) is 3.18. The number of likely N-dealkylation sites (tertiary alicyclic amines) is 1. The van der Waals surface area contributed by atoms with Crippen LogP contribution in [-0.2, 0) is 6.54 Å². The van der Waals surface area contributed by atoms with Crippen LogP contribution in [0.25, 0.3) is 0 Å². The van der Waals surface area contributed by atoms with E-state index in [1.54, 1.807) is 0 Å². The Labute approximate surface area is 134 Å². The molecule has 0 saturated carbocycles. The Morgan fingerprint density at radius 2 is 2.23 bits per heavy atom. The lowest BCUT2D eigenvalue weighted by Crippen LogP contribution is -2.38. The van der Waals surface area contributed by atoms with E-state index in [2.05, 4.69) is 9.55 Å². The number of carbonyl (C=O) groups excluding carboxylic acids is 1. The fourth-order valence-electron chi connectivity index (χ4n) is 3.09. The number of hydrogen-bond donors (Lipinski definition) is 1. The second-order valence-electron chi connectivity index (χ2n) is 5.68. The zero-order valence-electron chi connectivity index (χ0n) is 12.7. The molecule has 3 rings (SSSR count). The molecule has 6 heteroatoms. The average molecular weight is 319 g/mol. The summed E-state index contributed by atoms with van der Waals surface area (Å²) in [4.78, 5) is 19.6. The van der Waals surface area contributed by atoms with Gasteiger partial charge in [0.15, 0.2) is 0 Å². The third kappa shape index (κ3) is 2.94. The Balaban J connectivity index is 1.66. The Bertz CT molecular complexity index is 628. The number of piperidine rings is 1. The maximum atomic E-state index is 12.4. The molecule has 2 aromatic heterocycles. The molecule has 0 aromatic carbocycles. The predicted octanol–water partition coefficient (Wildman–Crippen LogP) is 2.27. The van der Waals surface area contributed by atoms with Gasteiger partial charge >= 0.3 is 0 Å². The van der Waals surface area contributed by atoms with E-state index in [1.807, 2.05) is 35.5 Å². The number of carbonyl (C=O) groups is 1. The predicted molar refractivity (Wildman–Crippen MR) is 86.2 cm³/mol. The van der Waals surface area contributed by atoms with Gasteiger partial charge in [-0.15, -0.1) is 11.3 Å². The SMILES string of the molecule is Cc1cnc(C2CCN(C(=O)c3cccs3)CC2)n1CCO. The van der Waals surface area contributed by atoms with Crippen LogP contribution in [0.5, 0.6) is 0 Å². The topological polar surface area (TPSA) is 58.4 Å². The highest BCUT2D eigenvalue weighted by molar-refractivity contribution is 7.12. The minimum absolute atomic E-state index is 0.125. The Hall–Kier alpha value is -1.66. The van der Waals surface area contributed by atoms with Crippen molar-refractivity contribution in [3.8, 4) is 0 Å². The van der Waals surface area contributed by atoms with Crippen LogP contribution < -0.4 is 0 Å². The van der Waals surface area contributed by atoms with Gasteiger partial charge in [0.25, 0.3) is 5.91 Å². The van der Waals surface area contributed by atoms with Gasteiger partial charge in [-0.2, -0.15) is 0 Å². The molecular weight excluding hydrogens is 298 g/mol. The lowest BCUT2D eigenvalue weighted by atomic mass is 9.95. The van der Waals surface area contributed by atoms with Crippen molar-refractivity contribution in [3.05, 3.63) is 40.1 Å². The first-order valence-electron chi connectivity index (χ1n) is 7.66. The van der Waals surface area contributed by atoms with Gasteiger partial charge < -0.3 is 14.6 Å². The van der Waals surface area contributed by atoms with E-state index in [4.69, 9.17) is 0 Å². The standard InChI is InChI=1S/C16H21N3O2S/c1-12-11-17-15(19(12)8-9-20)13-4-6-18(7-5-13)16(21)14-3-2-10-22-14/h2-3,10-11,13,20H,4-9H2,1H3. The van der Waals surface area contributed by atoms with Crippen LogP contribution in [0.2, 0.25) is 0 Å². The molecule has 0 unspecified atom stereocenters. The summed E-state index contributed by atoms with van der Waals surface area (Å²) in [6.45, 7) is 4.27. The van der Waals surface area contributed by atoms with Crippen molar-refractivity contribution in [3.63, 3.8) is 0 Å². The molecular formula is C16H21N3O2S. The molecule has 1 saturated heterocycles. The molecule has 0 bridgehead atoms. The molecule has 0 atom stereocenters. The number of aryl methyl sites for hydroxylation is 1. The number of amides is 1. The quantitative estimate of drug-likeness (QED) is 0.940. The van der Waals surface area contributed by atoms with E-state index in [0.29, 0.717) is 12.5 Å². The first kappa shape index (κ1) is 15.2. The lowest BCUT2D eigenvalue weighted by molar-refractivity contribution is 0.0715. The normalized spacial score (nSPS) is 16.2. The van der Waals surface area contributed by atoms with E-state index in [-0.39, 0.29) is 12.5 Å². The fraction of sp³-hybridized carbons (Fsp3) is 0.500. The van der Waals surface area contributed by atoms with Gasteiger partial charge in [-0.05, 0) is 31.2 Å². The summed E-state index contributed by atoms with van der Waals surface area (Å²) >= 11 is 1.50. The van der Waals surface area contributed by atoms with Gasteiger partial charge in [-0.1, -0.05) is 6.07 Å². The van der Waals surface area contributed by atoms with Gasteiger partial charge in [-0.3, -0.25) is 4.79 Å². The first-order valence-corrected chi connectivity index (χ1v) is 8.54. The van der Waals surface area contributed by atoms with Gasteiger partial charge in [-0.25, -0.2) is 4.98 Å². The summed E-state index contributed by atoms with van der Waals surface area (Å²) < 4.78 is 2.10. The molecule has 0 radical (unpaired) electrons. The van der Waals surface area contributed by atoms with Gasteiger partial charge in [0.1, 0.15) is 5.82 Å². The van der Waals surface area contributed by atoms with E-state index in [0.717, 1.165) is 42.3 Å². The number of rotatable bonds is 4. The number of nitrogens with zero attached hydrogens (tertiary/aromatic N) is 3. The van der Waals surface area contributed by atoms with Gasteiger partial charge in [0.05, 0.1) is 11.5 Å². The van der Waals surface area contributed by atoms with E-state index in [9.17, 15) is 9.90 Å². The third-order valence-electron chi connectivity index (χ3n) is 4.29. The highest BCUT2D eigenvalue weighted by Gasteiger charge is 2.27. The number of aliphatic hydroxyl groups is 1. The molecule has 0 spiro atoms. The third-order valence-corrected chi connectivity index (χ3v) is 5.15. The van der Waals surface area contributed by atoms with Crippen molar-refractivity contribution in [2.24, 2.45) is 0 Å². The summed E-state index contributed by atoms with van der Waals surface area (Å²) in [7, 11) is 0. The van der Waals surface area contributed by atoms with Crippen LogP contribution in [0.4, 0.5) is 0 Å². The maximum Gasteiger partial charge on any atom is 0.263 e. The molecule has 1 N–H and O–H groups in total. The molecule has 0 aliphatic carbocycles. The highest BCUT2D eigenvalue weighted by atomic mass is 32.1. The zero-order chi connectivity index (χ0) is 15.5. The second-order valence-corrected chi connectivity index (χ2v) is 6.62. The van der Waals surface area contributed by atoms with Crippen LogP contribution in [0, 0.1) is 6.92 Å². The van der Waals surface area contributed by atoms with E-state index < -0.39 is 0 Å². The molecule has 1 amide bonds. The Morgan fingerprint density at radius 1 is 1.45 bits per heavy atom. The van der Waals surface area contributed by atoms with Crippen molar-refractivity contribution in [2.75, 3.05) is 19.7 Å². The van der Waals surface area contributed by atoms with Crippen LogP contribution in [0.3, 0.4) is 0 Å². The summed E-state index contributed by atoms with van der Waals surface area (Å²) in [6, 6.07) is 3.80. The Morgan fingerprint density at radius 3 is 2.86 bits per heavy atom. The minimum Gasteiger partial charge on any atom is -0.395 e. The second kappa shape index (κ2) is 6.62. The number of aliphatic hydroxyl groups excluding tert-OH is 1. The molecule has 22 heavy (non-hydrogen) atoms. The molecule has 1 fully saturated rings. The smallest absolute Gasteiger partial charge is 0.263 e. The van der Waals surface area contributed by atoms with E-state index >= 15 is 0 Å². The first-order chi connectivity index (χ1) is 10.7. The Kier molecular flexibility index (Phi) is 4.59. The monoisotopic (exact) mass is 319 g/mol. The summed E-state index contributed by atoms with van der Waals surface area (Å²) in [5.74, 6) is 1.56. The molecule has 2 aromatic rings. The van der Waals surface area contributed by atoms with Crippen molar-refractivity contribution in [1.82, 2.24) is 14.5 Å². The summed E-state index contributed by atoms with van der Waals surface area (Å²) in [5, 5.41) is 11.1. The number of hydrogen-bond acceptors (Lipinski definition) is 4. The fourth-order valence-corrected chi connectivity index (χ4v) is 3.78. The van der Waals surface area contributed by atoms with Crippen LogP contribution in [0.1, 0.15) is 39.9 Å². The molecule has 1 aliphatic heterocycles. The van der Waals surface area contributed by atoms with Crippen molar-refractivity contribution in [1.29, 1.82) is 0 Å². The summed E-state index contributed by atoms with van der Waals surface area (Å²) in [5.41, 5.74) is 1.08. The largest absolute Gasteiger partial charge is 0.395 e. The van der Waals surface area contributed by atoms with Crippen molar-refractivity contribution >= 4 is 17.2 Å². The van der Waals surface area contributed by atoms with Crippen LogP contribution in [0.15, 0.2) is 23.7 Å². The van der Waals surface area contributed by atoms with E-state index in [1.165, 1.54) is 11.3 Å². The van der Waals surface area contributed by atoms with Gasteiger partial charge in [0, 0.05) is 37.4 Å².